The molecule has 1 amide bonds. The summed E-state index contributed by atoms with van der Waals surface area (Å²) in [5, 5.41) is 17.1. The van der Waals surface area contributed by atoms with Crippen LogP contribution in [0.5, 0.6) is 0 Å². The van der Waals surface area contributed by atoms with Gasteiger partial charge in [-0.2, -0.15) is 5.10 Å². The number of carbonyl (C=O) groups excluding carboxylic acids is 1. The zero-order chi connectivity index (χ0) is 17.6. The van der Waals surface area contributed by atoms with Crippen LogP contribution < -0.4 is 5.32 Å². The lowest BCUT2D eigenvalue weighted by Gasteiger charge is -2.20. The molecule has 1 heterocycles. The van der Waals surface area contributed by atoms with Crippen molar-refractivity contribution in [1.29, 1.82) is 0 Å². The molecule has 5 heteroatoms. The van der Waals surface area contributed by atoms with E-state index in [-0.39, 0.29) is 17.9 Å². The van der Waals surface area contributed by atoms with Crippen LogP contribution in [-0.2, 0) is 16.8 Å². The van der Waals surface area contributed by atoms with E-state index >= 15 is 0 Å². The SMILES string of the molecule is CC(C)(C)c1ccc([C@@H](O)CNC(=O)CCCn2cccn2)cc1. The Labute approximate surface area is 143 Å². The molecule has 1 aromatic heterocycles. The lowest BCUT2D eigenvalue weighted by Crippen LogP contribution is -2.28. The van der Waals surface area contributed by atoms with E-state index in [0.717, 1.165) is 18.5 Å². The standard InChI is InChI=1S/C19H27N3O2/c1-19(2,3)16-9-7-15(8-10-16)17(23)14-20-18(24)6-4-12-22-13-5-11-21-22/h5,7-11,13,17,23H,4,6,12,14H2,1-3H3,(H,20,24)/t17-/m0/s1. The van der Waals surface area contributed by atoms with Crippen molar-refractivity contribution in [3.05, 3.63) is 53.9 Å². The second kappa shape index (κ2) is 8.11. The summed E-state index contributed by atoms with van der Waals surface area (Å²) in [6, 6.07) is 9.78. The van der Waals surface area contributed by atoms with E-state index < -0.39 is 6.10 Å². The van der Waals surface area contributed by atoms with Gasteiger partial charge in [-0.05, 0) is 29.0 Å². The van der Waals surface area contributed by atoms with E-state index in [1.54, 1.807) is 10.9 Å². The van der Waals surface area contributed by atoms with Gasteiger partial charge in [-0.15, -0.1) is 0 Å². The first-order valence-electron chi connectivity index (χ1n) is 8.39. The lowest BCUT2D eigenvalue weighted by atomic mass is 9.86. The van der Waals surface area contributed by atoms with E-state index in [1.807, 2.05) is 36.5 Å². The van der Waals surface area contributed by atoms with Gasteiger partial charge in [0.2, 0.25) is 5.91 Å². The van der Waals surface area contributed by atoms with Crippen LogP contribution in [0.4, 0.5) is 0 Å². The smallest absolute Gasteiger partial charge is 0.220 e. The van der Waals surface area contributed by atoms with Gasteiger partial charge >= 0.3 is 0 Å². The van der Waals surface area contributed by atoms with Crippen LogP contribution in [-0.4, -0.2) is 27.3 Å². The number of nitrogens with one attached hydrogen (secondary N) is 1. The Morgan fingerprint density at radius 1 is 1.29 bits per heavy atom. The molecule has 0 saturated carbocycles. The number of aromatic nitrogens is 2. The summed E-state index contributed by atoms with van der Waals surface area (Å²) in [5.41, 5.74) is 2.13. The molecule has 1 atom stereocenters. The molecule has 0 bridgehead atoms. The Balaban J connectivity index is 1.73. The average molecular weight is 329 g/mol. The molecule has 0 spiro atoms. The summed E-state index contributed by atoms with van der Waals surface area (Å²) >= 11 is 0. The van der Waals surface area contributed by atoms with Crippen molar-refractivity contribution in [1.82, 2.24) is 15.1 Å². The second-order valence-electron chi connectivity index (χ2n) is 7.06. The van der Waals surface area contributed by atoms with Crippen LogP contribution in [0.25, 0.3) is 0 Å². The number of aliphatic hydroxyl groups excluding tert-OH is 1. The van der Waals surface area contributed by atoms with Gasteiger partial charge in [0, 0.05) is 31.9 Å². The van der Waals surface area contributed by atoms with Crippen molar-refractivity contribution >= 4 is 5.91 Å². The predicted molar refractivity (Wildman–Crippen MR) is 94.6 cm³/mol. The lowest BCUT2D eigenvalue weighted by molar-refractivity contribution is -0.121. The first-order chi connectivity index (χ1) is 11.4. The summed E-state index contributed by atoms with van der Waals surface area (Å²) < 4.78 is 1.80. The number of aliphatic hydroxyl groups is 1. The molecule has 0 aliphatic heterocycles. The summed E-state index contributed by atoms with van der Waals surface area (Å²) in [6.07, 6.45) is 4.07. The number of carbonyl (C=O) groups is 1. The largest absolute Gasteiger partial charge is 0.387 e. The van der Waals surface area contributed by atoms with Crippen LogP contribution in [0.15, 0.2) is 42.7 Å². The highest BCUT2D eigenvalue weighted by atomic mass is 16.3. The van der Waals surface area contributed by atoms with Gasteiger partial charge in [-0.3, -0.25) is 9.48 Å². The fourth-order valence-electron chi connectivity index (χ4n) is 2.46. The predicted octanol–water partition coefficient (Wildman–Crippen LogP) is 2.81. The highest BCUT2D eigenvalue weighted by molar-refractivity contribution is 5.75. The number of aryl methyl sites for hydroxylation is 1. The van der Waals surface area contributed by atoms with Gasteiger partial charge in [0.25, 0.3) is 0 Å². The topological polar surface area (TPSA) is 67.2 Å². The maximum absolute atomic E-state index is 11.8. The molecule has 0 radical (unpaired) electrons. The van der Waals surface area contributed by atoms with E-state index in [1.165, 1.54) is 5.56 Å². The van der Waals surface area contributed by atoms with Crippen molar-refractivity contribution in [3.63, 3.8) is 0 Å². The summed E-state index contributed by atoms with van der Waals surface area (Å²) in [5.74, 6) is -0.0486. The Morgan fingerprint density at radius 2 is 2.00 bits per heavy atom. The molecule has 0 fully saturated rings. The Kier molecular flexibility index (Phi) is 6.15. The van der Waals surface area contributed by atoms with E-state index in [4.69, 9.17) is 0 Å². The maximum Gasteiger partial charge on any atom is 0.220 e. The molecule has 0 saturated heterocycles. The molecule has 130 valence electrons. The molecular weight excluding hydrogens is 302 g/mol. The van der Waals surface area contributed by atoms with Crippen LogP contribution in [0.2, 0.25) is 0 Å². The molecule has 2 aromatic rings. The molecule has 0 unspecified atom stereocenters. The van der Waals surface area contributed by atoms with Gasteiger partial charge in [0.1, 0.15) is 0 Å². The van der Waals surface area contributed by atoms with Crippen molar-refractivity contribution in [2.75, 3.05) is 6.54 Å². The highest BCUT2D eigenvalue weighted by Gasteiger charge is 2.15. The molecule has 5 nitrogen and oxygen atoms in total. The monoisotopic (exact) mass is 329 g/mol. The molecular formula is C19H27N3O2. The van der Waals surface area contributed by atoms with Gasteiger partial charge in [-0.25, -0.2) is 0 Å². The first-order valence-corrected chi connectivity index (χ1v) is 8.39. The van der Waals surface area contributed by atoms with Gasteiger partial charge in [0.15, 0.2) is 0 Å². The fourth-order valence-corrected chi connectivity index (χ4v) is 2.46. The normalized spacial score (nSPS) is 12.8. The van der Waals surface area contributed by atoms with Crippen molar-refractivity contribution in [2.45, 2.75) is 51.7 Å². The Hall–Kier alpha value is -2.14. The average Bonchev–Trinajstić information content (AvgIpc) is 3.05. The van der Waals surface area contributed by atoms with Crippen LogP contribution in [0, 0.1) is 0 Å². The first kappa shape index (κ1) is 18.2. The zero-order valence-corrected chi connectivity index (χ0v) is 14.7. The molecule has 0 aliphatic rings. The van der Waals surface area contributed by atoms with Gasteiger partial charge in [0.05, 0.1) is 6.10 Å². The minimum absolute atomic E-state index is 0.0486. The maximum atomic E-state index is 11.8. The fraction of sp³-hybridized carbons (Fsp3) is 0.474. The third-order valence-electron chi connectivity index (χ3n) is 4.00. The van der Waals surface area contributed by atoms with Crippen molar-refractivity contribution in [3.8, 4) is 0 Å². The quantitative estimate of drug-likeness (QED) is 0.821. The molecule has 2 rings (SSSR count). The van der Waals surface area contributed by atoms with Gasteiger partial charge in [-0.1, -0.05) is 45.0 Å². The number of benzene rings is 1. The summed E-state index contributed by atoms with van der Waals surface area (Å²) in [4.78, 5) is 11.8. The number of amides is 1. The Morgan fingerprint density at radius 3 is 2.58 bits per heavy atom. The van der Waals surface area contributed by atoms with Crippen molar-refractivity contribution in [2.24, 2.45) is 0 Å². The molecule has 0 aliphatic carbocycles. The number of nitrogens with zero attached hydrogens (tertiary/aromatic N) is 2. The second-order valence-corrected chi connectivity index (χ2v) is 7.06. The van der Waals surface area contributed by atoms with Gasteiger partial charge < -0.3 is 10.4 Å². The van der Waals surface area contributed by atoms with Crippen LogP contribution in [0.3, 0.4) is 0 Å². The number of rotatable bonds is 7. The number of hydrogen-bond donors (Lipinski definition) is 2. The van der Waals surface area contributed by atoms with Crippen molar-refractivity contribution < 1.29 is 9.90 Å². The minimum atomic E-state index is -0.686. The van der Waals surface area contributed by atoms with E-state index in [0.29, 0.717) is 6.42 Å². The van der Waals surface area contributed by atoms with Crippen LogP contribution in [0.1, 0.15) is 50.8 Å². The summed E-state index contributed by atoms with van der Waals surface area (Å²) in [6.45, 7) is 7.42. The van der Waals surface area contributed by atoms with E-state index in [9.17, 15) is 9.90 Å². The molecule has 1 aromatic carbocycles. The Bertz CT molecular complexity index is 628. The number of hydrogen-bond acceptors (Lipinski definition) is 3. The minimum Gasteiger partial charge on any atom is -0.387 e. The molecule has 24 heavy (non-hydrogen) atoms. The summed E-state index contributed by atoms with van der Waals surface area (Å²) in [7, 11) is 0. The van der Waals surface area contributed by atoms with Crippen LogP contribution >= 0.6 is 0 Å². The zero-order valence-electron chi connectivity index (χ0n) is 14.7. The third kappa shape index (κ3) is 5.49. The molecule has 2 N–H and O–H groups in total. The third-order valence-corrected chi connectivity index (χ3v) is 4.00. The highest BCUT2D eigenvalue weighted by Crippen LogP contribution is 2.23. The van der Waals surface area contributed by atoms with E-state index in [2.05, 4.69) is 31.2 Å².